The Morgan fingerprint density at radius 1 is 1.24 bits per heavy atom. The molecule has 4 nitrogen and oxygen atoms in total. The lowest BCUT2D eigenvalue weighted by molar-refractivity contribution is -0.146. The van der Waals surface area contributed by atoms with E-state index >= 15 is 0 Å². The highest BCUT2D eigenvalue weighted by Crippen LogP contribution is 2.24. The summed E-state index contributed by atoms with van der Waals surface area (Å²) in [5.74, 6) is -0.662. The first-order valence-electron chi connectivity index (χ1n) is 5.34. The second-order valence-electron chi connectivity index (χ2n) is 4.46. The maximum absolute atomic E-state index is 11.6. The van der Waals surface area contributed by atoms with E-state index in [9.17, 15) is 9.59 Å². The van der Waals surface area contributed by atoms with E-state index in [1.807, 2.05) is 12.1 Å². The topological polar surface area (TPSA) is 69.4 Å². The largest absolute Gasteiger partial charge is 0.468 e. The van der Waals surface area contributed by atoms with E-state index in [0.717, 1.165) is 11.1 Å². The third kappa shape index (κ3) is 3.06. The minimum Gasteiger partial charge on any atom is -0.468 e. The van der Waals surface area contributed by atoms with Crippen molar-refractivity contribution in [3.05, 3.63) is 35.4 Å². The molecule has 0 saturated carbocycles. The fraction of sp³-hybridized carbons (Fsp3) is 0.385. The number of nitrogens with two attached hydrogens (primary N) is 1. The van der Waals surface area contributed by atoms with Gasteiger partial charge in [0.05, 0.1) is 18.9 Å². The van der Waals surface area contributed by atoms with Crippen LogP contribution in [0.1, 0.15) is 25.0 Å². The average Bonchev–Trinajstić information content (AvgIpc) is 2.27. The summed E-state index contributed by atoms with van der Waals surface area (Å²) in [4.78, 5) is 22.4. The number of benzene rings is 1. The van der Waals surface area contributed by atoms with Crippen molar-refractivity contribution in [1.29, 1.82) is 0 Å². The highest BCUT2D eigenvalue weighted by molar-refractivity contribution is 5.82. The molecule has 2 N–H and O–H groups in total. The lowest BCUT2D eigenvalue weighted by Crippen LogP contribution is -2.30. The van der Waals surface area contributed by atoms with Gasteiger partial charge < -0.3 is 10.5 Å². The summed E-state index contributed by atoms with van der Waals surface area (Å²) in [6.45, 7) is 3.59. The summed E-state index contributed by atoms with van der Waals surface area (Å²) in [7, 11) is 1.37. The quantitative estimate of drug-likeness (QED) is 0.796. The molecule has 0 radical (unpaired) electrons. The van der Waals surface area contributed by atoms with Crippen LogP contribution in [0.2, 0.25) is 0 Å². The van der Waals surface area contributed by atoms with Gasteiger partial charge in [-0.2, -0.15) is 0 Å². The molecule has 0 spiro atoms. The van der Waals surface area contributed by atoms with Crippen LogP contribution in [0.4, 0.5) is 0 Å². The molecule has 4 heteroatoms. The van der Waals surface area contributed by atoms with E-state index < -0.39 is 5.41 Å². The van der Waals surface area contributed by atoms with E-state index in [2.05, 4.69) is 0 Å². The van der Waals surface area contributed by atoms with Crippen LogP contribution in [-0.2, 0) is 26.2 Å². The fourth-order valence-corrected chi connectivity index (χ4v) is 1.61. The third-order valence-corrected chi connectivity index (χ3v) is 2.75. The highest BCUT2D eigenvalue weighted by Gasteiger charge is 2.30. The summed E-state index contributed by atoms with van der Waals surface area (Å²) < 4.78 is 4.75. The van der Waals surface area contributed by atoms with E-state index in [4.69, 9.17) is 10.5 Å². The SMILES string of the molecule is COC(=O)C(C)(C)c1ccc(CC(N)=O)cc1. The number of carbonyl (C=O) groups excluding carboxylic acids is 2. The Morgan fingerprint density at radius 3 is 2.18 bits per heavy atom. The Labute approximate surface area is 101 Å². The van der Waals surface area contributed by atoms with Gasteiger partial charge in [-0.25, -0.2) is 0 Å². The standard InChI is InChI=1S/C13H17NO3/c1-13(2,12(16)17-3)10-6-4-9(5-7-10)8-11(14)15/h4-7H,8H2,1-3H3,(H2,14,15). The molecule has 0 atom stereocenters. The smallest absolute Gasteiger partial charge is 0.315 e. The number of methoxy groups -OCH3 is 1. The van der Waals surface area contributed by atoms with Crippen molar-refractivity contribution in [3.63, 3.8) is 0 Å². The zero-order chi connectivity index (χ0) is 13.1. The summed E-state index contributed by atoms with van der Waals surface area (Å²) in [6.07, 6.45) is 0.207. The summed E-state index contributed by atoms with van der Waals surface area (Å²) in [5.41, 5.74) is 6.09. The molecule has 0 bridgehead atoms. The molecule has 0 saturated heterocycles. The van der Waals surface area contributed by atoms with Gasteiger partial charge in [0.25, 0.3) is 0 Å². The van der Waals surface area contributed by atoms with Gasteiger partial charge in [-0.3, -0.25) is 9.59 Å². The van der Waals surface area contributed by atoms with Gasteiger partial charge in [0.1, 0.15) is 0 Å². The van der Waals surface area contributed by atoms with Crippen LogP contribution in [0.15, 0.2) is 24.3 Å². The number of hydrogen-bond donors (Lipinski definition) is 1. The van der Waals surface area contributed by atoms with E-state index in [1.54, 1.807) is 26.0 Å². The van der Waals surface area contributed by atoms with E-state index in [1.165, 1.54) is 7.11 Å². The molecule has 1 amide bonds. The van der Waals surface area contributed by atoms with Gasteiger partial charge in [-0.15, -0.1) is 0 Å². The van der Waals surface area contributed by atoms with Gasteiger partial charge in [-0.1, -0.05) is 24.3 Å². The van der Waals surface area contributed by atoms with Crippen LogP contribution >= 0.6 is 0 Å². The second-order valence-corrected chi connectivity index (χ2v) is 4.46. The molecule has 92 valence electrons. The molecule has 17 heavy (non-hydrogen) atoms. The normalized spacial score (nSPS) is 11.0. The van der Waals surface area contributed by atoms with Gasteiger partial charge in [0.15, 0.2) is 0 Å². The number of rotatable bonds is 4. The Bertz CT molecular complexity index is 421. The molecule has 0 aromatic heterocycles. The van der Waals surface area contributed by atoms with Crippen molar-refractivity contribution < 1.29 is 14.3 Å². The summed E-state index contributed by atoms with van der Waals surface area (Å²) in [5, 5.41) is 0. The predicted octanol–water partition coefficient (Wildman–Crippen LogP) is 1.16. The Morgan fingerprint density at radius 2 is 1.76 bits per heavy atom. The molecule has 0 aliphatic heterocycles. The lowest BCUT2D eigenvalue weighted by Gasteiger charge is -2.22. The van der Waals surface area contributed by atoms with Crippen LogP contribution in [0.25, 0.3) is 0 Å². The number of ether oxygens (including phenoxy) is 1. The predicted molar refractivity (Wildman–Crippen MR) is 64.4 cm³/mol. The van der Waals surface area contributed by atoms with E-state index in [-0.39, 0.29) is 18.3 Å². The van der Waals surface area contributed by atoms with Crippen LogP contribution in [-0.4, -0.2) is 19.0 Å². The highest BCUT2D eigenvalue weighted by atomic mass is 16.5. The van der Waals surface area contributed by atoms with E-state index in [0.29, 0.717) is 0 Å². The molecule has 1 rings (SSSR count). The van der Waals surface area contributed by atoms with Crippen molar-refractivity contribution in [2.24, 2.45) is 5.73 Å². The Kier molecular flexibility index (Phi) is 3.89. The zero-order valence-corrected chi connectivity index (χ0v) is 10.3. The molecule has 0 fully saturated rings. The molecule has 0 aliphatic rings. The maximum atomic E-state index is 11.6. The number of primary amides is 1. The maximum Gasteiger partial charge on any atom is 0.315 e. The van der Waals surface area contributed by atoms with Crippen molar-refractivity contribution in [2.75, 3.05) is 7.11 Å². The van der Waals surface area contributed by atoms with Gasteiger partial charge in [0.2, 0.25) is 5.91 Å². The molecular weight excluding hydrogens is 218 g/mol. The first-order valence-corrected chi connectivity index (χ1v) is 5.34. The van der Waals surface area contributed by atoms with Crippen LogP contribution in [0.5, 0.6) is 0 Å². The summed E-state index contributed by atoms with van der Waals surface area (Å²) >= 11 is 0. The molecule has 0 heterocycles. The van der Waals surface area contributed by atoms with Gasteiger partial charge in [-0.05, 0) is 25.0 Å². The van der Waals surface area contributed by atoms with Crippen molar-refractivity contribution in [2.45, 2.75) is 25.7 Å². The average molecular weight is 235 g/mol. The second kappa shape index (κ2) is 4.99. The van der Waals surface area contributed by atoms with Gasteiger partial charge >= 0.3 is 5.97 Å². The fourth-order valence-electron chi connectivity index (χ4n) is 1.61. The first kappa shape index (κ1) is 13.2. The number of esters is 1. The molecule has 1 aromatic rings. The van der Waals surface area contributed by atoms with Crippen molar-refractivity contribution in [1.82, 2.24) is 0 Å². The van der Waals surface area contributed by atoms with Crippen LogP contribution < -0.4 is 5.73 Å². The number of carbonyl (C=O) groups is 2. The van der Waals surface area contributed by atoms with Gasteiger partial charge in [0, 0.05) is 0 Å². The molecule has 0 aliphatic carbocycles. The van der Waals surface area contributed by atoms with Crippen molar-refractivity contribution in [3.8, 4) is 0 Å². The lowest BCUT2D eigenvalue weighted by atomic mass is 9.84. The molecular formula is C13H17NO3. The molecule has 1 aromatic carbocycles. The number of hydrogen-bond acceptors (Lipinski definition) is 3. The minimum atomic E-state index is -0.694. The minimum absolute atomic E-state index is 0.207. The third-order valence-electron chi connectivity index (χ3n) is 2.75. The van der Waals surface area contributed by atoms with Crippen molar-refractivity contribution >= 4 is 11.9 Å². The Balaban J connectivity index is 2.94. The zero-order valence-electron chi connectivity index (χ0n) is 10.3. The number of amides is 1. The summed E-state index contributed by atoms with van der Waals surface area (Å²) in [6, 6.07) is 7.22. The first-order chi connectivity index (χ1) is 7.87. The van der Waals surface area contributed by atoms with Crippen LogP contribution in [0.3, 0.4) is 0 Å². The van der Waals surface area contributed by atoms with Crippen LogP contribution in [0, 0.1) is 0 Å². The monoisotopic (exact) mass is 235 g/mol. The molecule has 0 unspecified atom stereocenters. The Hall–Kier alpha value is -1.84.